The van der Waals surface area contributed by atoms with Crippen LogP contribution in [0.2, 0.25) is 0 Å². The highest BCUT2D eigenvalue weighted by atomic mass is 32.1. The Morgan fingerprint density at radius 1 is 1.21 bits per heavy atom. The van der Waals surface area contributed by atoms with Crippen LogP contribution in [-0.4, -0.2) is 46.7 Å². The van der Waals surface area contributed by atoms with Crippen LogP contribution in [0.25, 0.3) is 10.2 Å². The van der Waals surface area contributed by atoms with Crippen molar-refractivity contribution in [2.45, 2.75) is 60.9 Å². The first-order valence-electron chi connectivity index (χ1n) is 10.1. The molecule has 0 N–H and O–H groups in total. The summed E-state index contributed by atoms with van der Waals surface area (Å²) in [6, 6.07) is 0. The number of carbonyl (C=O) groups is 1. The summed E-state index contributed by atoms with van der Waals surface area (Å²) in [5.74, 6) is 0.788. The van der Waals surface area contributed by atoms with Crippen LogP contribution in [0.3, 0.4) is 0 Å². The predicted molar refractivity (Wildman–Crippen MR) is 116 cm³/mol. The Morgan fingerprint density at radius 3 is 2.39 bits per heavy atom. The zero-order valence-corrected chi connectivity index (χ0v) is 19.0. The highest BCUT2D eigenvalue weighted by molar-refractivity contribution is 7.20. The summed E-state index contributed by atoms with van der Waals surface area (Å²) < 4.78 is 7.17. The molecule has 0 amide bonds. The molecule has 0 radical (unpaired) electrons. The molecule has 0 bridgehead atoms. The molecule has 2 aromatic heterocycles. The smallest absolute Gasteiger partial charge is 0.348 e. The Bertz CT molecular complexity index is 879. The molecule has 0 aliphatic rings. The number of fused-ring (bicyclic) bond motifs is 1. The molecule has 0 unspecified atom stereocenters. The molecule has 0 fully saturated rings. The first-order chi connectivity index (χ1) is 13.2. The molecule has 2 heterocycles. The highest BCUT2D eigenvalue weighted by Crippen LogP contribution is 2.29. The molecule has 0 saturated heterocycles. The van der Waals surface area contributed by atoms with Gasteiger partial charge in [-0.1, -0.05) is 41.5 Å². The third-order valence-electron chi connectivity index (χ3n) is 4.86. The largest absolute Gasteiger partial charge is 0.461 e. The van der Waals surface area contributed by atoms with Crippen molar-refractivity contribution < 1.29 is 9.53 Å². The minimum atomic E-state index is -0.366. The molecule has 0 aliphatic heterocycles. The lowest BCUT2D eigenvalue weighted by atomic mass is 10.1. The molecule has 2 rings (SSSR count). The average Bonchev–Trinajstić information content (AvgIpc) is 2.98. The maximum atomic E-state index is 13.3. The van der Waals surface area contributed by atoms with E-state index in [1.807, 2.05) is 34.6 Å². The summed E-state index contributed by atoms with van der Waals surface area (Å²) in [5, 5.41) is 0.547. The summed E-state index contributed by atoms with van der Waals surface area (Å²) in [4.78, 5) is 34.0. The number of thiophene rings is 1. The van der Waals surface area contributed by atoms with Gasteiger partial charge in [0.15, 0.2) is 0 Å². The van der Waals surface area contributed by atoms with Crippen LogP contribution in [0, 0.1) is 12.8 Å². The normalized spacial score (nSPS) is 11.9. The van der Waals surface area contributed by atoms with Crippen molar-refractivity contribution >= 4 is 27.5 Å². The fraction of sp³-hybridized carbons (Fsp3) is 0.667. The van der Waals surface area contributed by atoms with Crippen molar-refractivity contribution in [3.05, 3.63) is 26.6 Å². The van der Waals surface area contributed by atoms with E-state index >= 15 is 0 Å². The maximum absolute atomic E-state index is 13.3. The van der Waals surface area contributed by atoms with Crippen molar-refractivity contribution in [1.82, 2.24) is 14.5 Å². The number of rotatable bonds is 9. The SMILES string of the molecule is CCN(CC)CCn1c(C(C)C)nc2sc(C(=O)OCC(C)C)c(C)c2c1=O. The summed E-state index contributed by atoms with van der Waals surface area (Å²) >= 11 is 1.26. The molecular formula is C21H33N3O3S. The van der Waals surface area contributed by atoms with Gasteiger partial charge in [-0.25, -0.2) is 9.78 Å². The number of hydrogen-bond donors (Lipinski definition) is 0. The lowest BCUT2D eigenvalue weighted by Gasteiger charge is -2.21. The Balaban J connectivity index is 2.51. The molecule has 0 aromatic carbocycles. The van der Waals surface area contributed by atoms with E-state index in [9.17, 15) is 9.59 Å². The summed E-state index contributed by atoms with van der Waals surface area (Å²) in [6.45, 7) is 17.8. The Kier molecular flexibility index (Phi) is 7.78. The van der Waals surface area contributed by atoms with E-state index in [1.165, 1.54) is 11.3 Å². The van der Waals surface area contributed by atoms with Crippen molar-refractivity contribution in [1.29, 1.82) is 0 Å². The Morgan fingerprint density at radius 2 is 1.86 bits per heavy atom. The van der Waals surface area contributed by atoms with Crippen LogP contribution >= 0.6 is 11.3 Å². The Hall–Kier alpha value is -1.73. The third kappa shape index (κ3) is 4.81. The zero-order chi connectivity index (χ0) is 21.0. The second-order valence-electron chi connectivity index (χ2n) is 7.84. The van der Waals surface area contributed by atoms with Crippen LogP contribution in [0.1, 0.15) is 68.5 Å². The molecule has 0 atom stereocenters. The lowest BCUT2D eigenvalue weighted by molar-refractivity contribution is 0.0464. The molecule has 0 aliphatic carbocycles. The fourth-order valence-corrected chi connectivity index (χ4v) is 4.25. The zero-order valence-electron chi connectivity index (χ0n) is 18.2. The summed E-state index contributed by atoms with van der Waals surface area (Å²) in [5.41, 5.74) is 0.621. The molecular weight excluding hydrogens is 374 g/mol. The number of likely N-dealkylation sites (N-methyl/N-ethyl adjacent to an activating group) is 1. The minimum absolute atomic E-state index is 0.0579. The van der Waals surface area contributed by atoms with Gasteiger partial charge in [0.05, 0.1) is 12.0 Å². The standard InChI is InChI=1S/C21H33N3O3S/c1-8-23(9-2)10-11-24-18(14(5)6)22-19-16(20(24)25)15(7)17(28-19)21(26)27-12-13(3)4/h13-14H,8-12H2,1-7H3. The molecule has 0 spiro atoms. The van der Waals surface area contributed by atoms with Gasteiger partial charge in [-0.3, -0.25) is 9.36 Å². The monoisotopic (exact) mass is 407 g/mol. The molecule has 2 aromatic rings. The maximum Gasteiger partial charge on any atom is 0.348 e. The van der Waals surface area contributed by atoms with Gasteiger partial charge in [-0.15, -0.1) is 11.3 Å². The van der Waals surface area contributed by atoms with Crippen molar-refractivity contribution in [3.8, 4) is 0 Å². The van der Waals surface area contributed by atoms with Crippen LogP contribution in [-0.2, 0) is 11.3 Å². The van der Waals surface area contributed by atoms with Gasteiger partial charge in [-0.2, -0.15) is 0 Å². The van der Waals surface area contributed by atoms with E-state index in [2.05, 4.69) is 18.7 Å². The van der Waals surface area contributed by atoms with Crippen molar-refractivity contribution in [2.24, 2.45) is 5.92 Å². The number of carbonyl (C=O) groups excluding carboxylic acids is 1. The van der Waals surface area contributed by atoms with E-state index in [4.69, 9.17) is 9.72 Å². The van der Waals surface area contributed by atoms with Gasteiger partial charge >= 0.3 is 5.97 Å². The van der Waals surface area contributed by atoms with Gasteiger partial charge in [0.1, 0.15) is 15.5 Å². The third-order valence-corrected chi connectivity index (χ3v) is 6.03. The average molecular weight is 408 g/mol. The quantitative estimate of drug-likeness (QED) is 0.587. The van der Waals surface area contributed by atoms with E-state index in [-0.39, 0.29) is 23.4 Å². The minimum Gasteiger partial charge on any atom is -0.461 e. The van der Waals surface area contributed by atoms with Crippen molar-refractivity contribution in [2.75, 3.05) is 26.2 Å². The van der Waals surface area contributed by atoms with Crippen molar-refractivity contribution in [3.63, 3.8) is 0 Å². The Labute approximate surface area is 171 Å². The number of aryl methyl sites for hydroxylation is 1. The first-order valence-corrected chi connectivity index (χ1v) is 11.0. The van der Waals surface area contributed by atoms with E-state index in [1.54, 1.807) is 4.57 Å². The van der Waals surface area contributed by atoms with E-state index in [0.29, 0.717) is 33.8 Å². The highest BCUT2D eigenvalue weighted by Gasteiger charge is 2.23. The number of ether oxygens (including phenoxy) is 1. The van der Waals surface area contributed by atoms with Crippen LogP contribution < -0.4 is 5.56 Å². The number of hydrogen-bond acceptors (Lipinski definition) is 6. The van der Waals surface area contributed by atoms with E-state index in [0.717, 1.165) is 25.5 Å². The first kappa shape index (κ1) is 22.6. The predicted octanol–water partition coefficient (Wildman–Crippen LogP) is 4.04. The van der Waals surface area contributed by atoms with Crippen LogP contribution in [0.4, 0.5) is 0 Å². The molecule has 156 valence electrons. The number of nitrogens with zero attached hydrogens (tertiary/aromatic N) is 3. The molecule has 28 heavy (non-hydrogen) atoms. The topological polar surface area (TPSA) is 64.4 Å². The second-order valence-corrected chi connectivity index (χ2v) is 8.84. The summed E-state index contributed by atoms with van der Waals surface area (Å²) in [6.07, 6.45) is 0. The summed E-state index contributed by atoms with van der Waals surface area (Å²) in [7, 11) is 0. The molecule has 6 nitrogen and oxygen atoms in total. The number of esters is 1. The van der Waals surface area contributed by atoms with Crippen LogP contribution in [0.15, 0.2) is 4.79 Å². The van der Waals surface area contributed by atoms with Gasteiger partial charge in [0.25, 0.3) is 5.56 Å². The van der Waals surface area contributed by atoms with Gasteiger partial charge in [0, 0.05) is 19.0 Å². The van der Waals surface area contributed by atoms with Crippen LogP contribution in [0.5, 0.6) is 0 Å². The lowest BCUT2D eigenvalue weighted by Crippen LogP contribution is -2.33. The van der Waals surface area contributed by atoms with Gasteiger partial charge in [-0.05, 0) is 31.5 Å². The fourth-order valence-electron chi connectivity index (χ4n) is 3.17. The van der Waals surface area contributed by atoms with Gasteiger partial charge < -0.3 is 9.64 Å². The van der Waals surface area contributed by atoms with E-state index < -0.39 is 0 Å². The number of aromatic nitrogens is 2. The second kappa shape index (κ2) is 9.65. The van der Waals surface area contributed by atoms with Gasteiger partial charge in [0.2, 0.25) is 0 Å². The molecule has 0 saturated carbocycles. The molecule has 7 heteroatoms.